The molecule has 0 aromatic heterocycles. The molecule has 1 aliphatic carbocycles. The first-order valence-corrected chi connectivity index (χ1v) is 16.0. The Kier molecular flexibility index (Phi) is 9.39. The van der Waals surface area contributed by atoms with E-state index < -0.39 is 48.5 Å². The number of carbonyl (C=O) groups is 4. The summed E-state index contributed by atoms with van der Waals surface area (Å²) in [7, 11) is 0. The van der Waals surface area contributed by atoms with E-state index in [2.05, 4.69) is 0 Å². The molecule has 3 atom stereocenters. The molecular formula is C35H40N4O7. The van der Waals surface area contributed by atoms with Crippen LogP contribution in [0.3, 0.4) is 0 Å². The lowest BCUT2D eigenvalue weighted by Gasteiger charge is -2.52. The number of aromatic hydroxyl groups is 1. The lowest BCUT2D eigenvalue weighted by molar-refractivity contribution is -0.266. The number of phenols is 1. The minimum absolute atomic E-state index is 0.0188. The summed E-state index contributed by atoms with van der Waals surface area (Å²) in [4.78, 5) is 63.0. The number of carbonyl (C=O) groups excluding carboxylic acids is 4. The molecule has 1 saturated carbocycles. The third kappa shape index (κ3) is 6.79. The van der Waals surface area contributed by atoms with Crippen LogP contribution < -0.4 is 5.73 Å². The van der Waals surface area contributed by atoms with Gasteiger partial charge in [-0.15, -0.1) is 0 Å². The van der Waals surface area contributed by atoms with E-state index in [0.29, 0.717) is 18.5 Å². The number of rotatable bonds is 9. The molecule has 3 N–H and O–H groups in total. The van der Waals surface area contributed by atoms with Crippen LogP contribution in [0, 0.1) is 5.92 Å². The average molecular weight is 629 g/mol. The van der Waals surface area contributed by atoms with Gasteiger partial charge in [0.1, 0.15) is 11.8 Å². The molecule has 3 aromatic carbocycles. The van der Waals surface area contributed by atoms with Crippen molar-refractivity contribution < 1.29 is 33.9 Å². The molecule has 2 heterocycles. The first-order chi connectivity index (χ1) is 22.3. The Morgan fingerprint density at radius 2 is 1.67 bits per heavy atom. The standard InChI is InChI=1S/C35H40N4O7/c36-31(41)20-29-33(42)37(18-17-26-11-6-10-25-9-4-5-12-28(25)26)21-32-38(29)34(43)30(19-23-13-15-27(40)16-14-23)46-39(32)35(44)45-22-24-7-2-1-3-8-24/h4-6,9-16,24,29-30,32,40H,1-3,7-8,17-22H2,(H2,36,41)/t29-,30+,32?/m0/s1. The fraction of sp³-hybridized carbons (Fsp3) is 0.429. The number of primary amides is 1. The SMILES string of the molecule is NC(=O)C[C@H]1C(=O)N(CCc2cccc3ccccc23)CC2N(C(=O)OCC3CCCCC3)O[C@H](Cc3ccc(O)cc3)C(=O)N21. The van der Waals surface area contributed by atoms with Gasteiger partial charge in [-0.05, 0) is 59.2 Å². The van der Waals surface area contributed by atoms with E-state index in [1.165, 1.54) is 23.5 Å². The predicted octanol–water partition coefficient (Wildman–Crippen LogP) is 3.90. The van der Waals surface area contributed by atoms with Gasteiger partial charge in [0.05, 0.1) is 19.6 Å². The number of ether oxygens (including phenoxy) is 1. The van der Waals surface area contributed by atoms with Crippen molar-refractivity contribution in [1.29, 1.82) is 0 Å². The second-order valence-corrected chi connectivity index (χ2v) is 12.5. The van der Waals surface area contributed by atoms with Crippen molar-refractivity contribution >= 4 is 34.6 Å². The van der Waals surface area contributed by atoms with E-state index in [1.54, 1.807) is 17.0 Å². The first-order valence-electron chi connectivity index (χ1n) is 16.0. The number of amides is 4. The molecule has 2 aliphatic heterocycles. The molecular weight excluding hydrogens is 588 g/mol. The quantitative estimate of drug-likeness (QED) is 0.366. The fourth-order valence-electron chi connectivity index (χ4n) is 6.90. The van der Waals surface area contributed by atoms with Crippen molar-refractivity contribution in [3.63, 3.8) is 0 Å². The lowest BCUT2D eigenvalue weighted by Crippen LogP contribution is -2.74. The molecule has 11 nitrogen and oxygen atoms in total. The largest absolute Gasteiger partial charge is 0.508 e. The summed E-state index contributed by atoms with van der Waals surface area (Å²) in [5.74, 6) is -1.36. The summed E-state index contributed by atoms with van der Waals surface area (Å²) >= 11 is 0. The van der Waals surface area contributed by atoms with E-state index in [0.717, 1.165) is 47.1 Å². The molecule has 1 unspecified atom stereocenters. The van der Waals surface area contributed by atoms with Crippen LogP contribution in [-0.2, 0) is 36.8 Å². The van der Waals surface area contributed by atoms with Crippen LogP contribution in [0.2, 0.25) is 0 Å². The molecule has 2 saturated heterocycles. The summed E-state index contributed by atoms with van der Waals surface area (Å²) < 4.78 is 5.77. The number of hydrogen-bond donors (Lipinski definition) is 2. The highest BCUT2D eigenvalue weighted by Crippen LogP contribution is 2.32. The minimum Gasteiger partial charge on any atom is -0.508 e. The van der Waals surface area contributed by atoms with Crippen LogP contribution in [0.5, 0.6) is 5.75 Å². The van der Waals surface area contributed by atoms with Crippen LogP contribution in [-0.4, -0.2) is 81.8 Å². The van der Waals surface area contributed by atoms with Crippen molar-refractivity contribution in [2.24, 2.45) is 11.7 Å². The van der Waals surface area contributed by atoms with Gasteiger partial charge in [-0.25, -0.2) is 4.79 Å². The van der Waals surface area contributed by atoms with Crippen molar-refractivity contribution in [2.45, 2.75) is 69.7 Å². The zero-order chi connectivity index (χ0) is 32.2. The van der Waals surface area contributed by atoms with Crippen molar-refractivity contribution in [1.82, 2.24) is 14.9 Å². The molecule has 3 fully saturated rings. The highest BCUT2D eigenvalue weighted by molar-refractivity contribution is 5.95. The van der Waals surface area contributed by atoms with Crippen LogP contribution in [0.1, 0.15) is 49.7 Å². The molecule has 0 radical (unpaired) electrons. The smallest absolute Gasteiger partial charge is 0.436 e. The third-order valence-corrected chi connectivity index (χ3v) is 9.31. The number of nitrogens with two attached hydrogens (primary N) is 1. The Morgan fingerprint density at radius 3 is 2.43 bits per heavy atom. The highest BCUT2D eigenvalue weighted by atomic mass is 16.7. The van der Waals surface area contributed by atoms with Gasteiger partial charge < -0.3 is 25.4 Å². The Morgan fingerprint density at radius 1 is 0.935 bits per heavy atom. The van der Waals surface area contributed by atoms with Gasteiger partial charge in [-0.1, -0.05) is 73.9 Å². The van der Waals surface area contributed by atoms with Crippen LogP contribution in [0.4, 0.5) is 4.79 Å². The topological polar surface area (TPSA) is 143 Å². The summed E-state index contributed by atoms with van der Waals surface area (Å²) in [6.07, 6.45) is 2.55. The molecule has 242 valence electrons. The monoisotopic (exact) mass is 628 g/mol. The number of phenolic OH excluding ortho intramolecular Hbond substituents is 1. The molecule has 46 heavy (non-hydrogen) atoms. The van der Waals surface area contributed by atoms with Crippen LogP contribution in [0.15, 0.2) is 66.7 Å². The fourth-order valence-corrected chi connectivity index (χ4v) is 6.90. The predicted molar refractivity (Wildman–Crippen MR) is 169 cm³/mol. The van der Waals surface area contributed by atoms with Crippen LogP contribution in [0.25, 0.3) is 10.8 Å². The lowest BCUT2D eigenvalue weighted by atomic mass is 9.90. The van der Waals surface area contributed by atoms with Gasteiger partial charge in [0, 0.05) is 13.0 Å². The maximum atomic E-state index is 14.0. The van der Waals surface area contributed by atoms with Crippen molar-refractivity contribution in [2.75, 3.05) is 19.7 Å². The number of hydroxylamine groups is 2. The number of nitrogens with zero attached hydrogens (tertiary/aromatic N) is 3. The van der Waals surface area contributed by atoms with E-state index in [9.17, 15) is 24.3 Å². The summed E-state index contributed by atoms with van der Waals surface area (Å²) in [5.41, 5.74) is 7.34. The number of fused-ring (bicyclic) bond motifs is 2. The summed E-state index contributed by atoms with van der Waals surface area (Å²) in [6.45, 7) is 0.508. The van der Waals surface area contributed by atoms with Gasteiger partial charge in [-0.3, -0.25) is 19.2 Å². The molecule has 4 amide bonds. The maximum Gasteiger partial charge on any atom is 0.436 e. The van der Waals surface area contributed by atoms with Crippen molar-refractivity contribution in [3.05, 3.63) is 77.9 Å². The van der Waals surface area contributed by atoms with Gasteiger partial charge in [-0.2, -0.15) is 5.06 Å². The first kappa shape index (κ1) is 31.3. The maximum absolute atomic E-state index is 14.0. The summed E-state index contributed by atoms with van der Waals surface area (Å²) in [6, 6.07) is 19.1. The van der Waals surface area contributed by atoms with E-state index >= 15 is 0 Å². The van der Waals surface area contributed by atoms with Gasteiger partial charge in [0.2, 0.25) is 11.8 Å². The molecule has 11 heteroatoms. The Hall–Kier alpha value is -4.64. The molecule has 6 rings (SSSR count). The Bertz CT molecular complexity index is 1580. The number of piperazine rings is 1. The van der Waals surface area contributed by atoms with Crippen LogP contribution >= 0.6 is 0 Å². The molecule has 3 aromatic rings. The van der Waals surface area contributed by atoms with E-state index in [4.69, 9.17) is 15.3 Å². The molecule has 3 aliphatic rings. The number of benzene rings is 3. The highest BCUT2D eigenvalue weighted by Gasteiger charge is 2.53. The zero-order valence-corrected chi connectivity index (χ0v) is 25.8. The second-order valence-electron chi connectivity index (χ2n) is 12.5. The normalized spacial score (nSPS) is 22.2. The van der Waals surface area contributed by atoms with Gasteiger partial charge in [0.25, 0.3) is 5.91 Å². The van der Waals surface area contributed by atoms with Gasteiger partial charge >= 0.3 is 6.09 Å². The second kappa shape index (κ2) is 13.8. The van der Waals surface area contributed by atoms with E-state index in [1.807, 2.05) is 42.5 Å². The minimum atomic E-state index is -1.21. The van der Waals surface area contributed by atoms with E-state index in [-0.39, 0.29) is 31.2 Å². The average Bonchev–Trinajstić information content (AvgIpc) is 3.06. The number of hydrogen-bond acceptors (Lipinski definition) is 7. The summed E-state index contributed by atoms with van der Waals surface area (Å²) in [5, 5.41) is 13.0. The third-order valence-electron chi connectivity index (χ3n) is 9.31. The zero-order valence-electron chi connectivity index (χ0n) is 25.8. The van der Waals surface area contributed by atoms with Gasteiger partial charge in [0.15, 0.2) is 12.3 Å². The molecule has 0 spiro atoms. The Balaban J connectivity index is 1.28. The Labute approximate surface area is 267 Å². The molecule has 0 bridgehead atoms. The van der Waals surface area contributed by atoms with Crippen molar-refractivity contribution in [3.8, 4) is 5.75 Å².